The first-order valence-electron chi connectivity index (χ1n) is 8.62. The van der Waals surface area contributed by atoms with Gasteiger partial charge in [-0.25, -0.2) is 0 Å². The van der Waals surface area contributed by atoms with Gasteiger partial charge >= 0.3 is 0 Å². The van der Waals surface area contributed by atoms with E-state index in [-0.39, 0.29) is 13.2 Å². The zero-order valence-electron chi connectivity index (χ0n) is 14.1. The van der Waals surface area contributed by atoms with Crippen molar-refractivity contribution in [2.75, 3.05) is 19.8 Å². The molecule has 0 spiro atoms. The van der Waals surface area contributed by atoms with Gasteiger partial charge in [-0.15, -0.1) is 6.58 Å². The van der Waals surface area contributed by atoms with Crippen LogP contribution in [0.25, 0.3) is 0 Å². The van der Waals surface area contributed by atoms with Gasteiger partial charge in [-0.05, 0) is 6.42 Å². The summed E-state index contributed by atoms with van der Waals surface area (Å²) in [6.45, 7) is 6.03. The standard InChI is InChI=1S/C17H32O6/c1-3-5-6-7-8-9-11-22-17-15(20)16(21-10-4-2)14(19)13(12-18)23-17/h4,13-20H,2-3,5-12H2,1H3/t13-,14-,15-,16+,17-/m1/s1. The van der Waals surface area contributed by atoms with Crippen molar-refractivity contribution < 1.29 is 29.5 Å². The molecule has 3 N–H and O–H groups in total. The van der Waals surface area contributed by atoms with Gasteiger partial charge in [0.05, 0.1) is 13.2 Å². The van der Waals surface area contributed by atoms with E-state index in [2.05, 4.69) is 13.5 Å². The normalized spacial score (nSPS) is 31.2. The SMILES string of the molecule is C=CCO[C@@H]1[C@@H](O)[C@H](OCCCCCCCC)O[C@H](CO)[C@H]1O. The molecule has 136 valence electrons. The molecule has 6 heteroatoms. The second-order valence-corrected chi connectivity index (χ2v) is 5.93. The van der Waals surface area contributed by atoms with Crippen molar-refractivity contribution in [1.82, 2.24) is 0 Å². The number of hydrogen-bond donors (Lipinski definition) is 3. The lowest BCUT2D eigenvalue weighted by atomic mass is 9.99. The summed E-state index contributed by atoms with van der Waals surface area (Å²) in [7, 11) is 0. The molecule has 6 nitrogen and oxygen atoms in total. The highest BCUT2D eigenvalue weighted by atomic mass is 16.7. The summed E-state index contributed by atoms with van der Waals surface area (Å²) >= 11 is 0. The molecule has 1 aliphatic rings. The number of aliphatic hydroxyl groups excluding tert-OH is 3. The van der Waals surface area contributed by atoms with Gasteiger partial charge in [-0.3, -0.25) is 0 Å². The Hall–Kier alpha value is -0.500. The Balaban J connectivity index is 2.38. The third-order valence-corrected chi connectivity index (χ3v) is 4.01. The monoisotopic (exact) mass is 332 g/mol. The lowest BCUT2D eigenvalue weighted by molar-refractivity contribution is -0.306. The lowest BCUT2D eigenvalue weighted by Gasteiger charge is -2.41. The van der Waals surface area contributed by atoms with Crippen LogP contribution < -0.4 is 0 Å². The van der Waals surface area contributed by atoms with Crippen molar-refractivity contribution in [3.63, 3.8) is 0 Å². The predicted octanol–water partition coefficient (Wildman–Crippen LogP) is 1.37. The molecular weight excluding hydrogens is 300 g/mol. The van der Waals surface area contributed by atoms with Gasteiger partial charge in [0.2, 0.25) is 0 Å². The minimum atomic E-state index is -1.11. The first-order chi connectivity index (χ1) is 11.2. The number of aliphatic hydroxyl groups is 3. The van der Waals surface area contributed by atoms with E-state index in [1.807, 2.05) is 0 Å². The van der Waals surface area contributed by atoms with Crippen LogP contribution in [0.2, 0.25) is 0 Å². The number of rotatable bonds is 12. The largest absolute Gasteiger partial charge is 0.394 e. The Morgan fingerprint density at radius 1 is 1.04 bits per heavy atom. The highest BCUT2D eigenvalue weighted by molar-refractivity contribution is 4.90. The zero-order valence-corrected chi connectivity index (χ0v) is 14.1. The Kier molecular flexibility index (Phi) is 10.7. The molecule has 5 atom stereocenters. The van der Waals surface area contributed by atoms with Crippen LogP contribution in [-0.2, 0) is 14.2 Å². The van der Waals surface area contributed by atoms with Crippen molar-refractivity contribution in [3.05, 3.63) is 12.7 Å². The highest BCUT2D eigenvalue weighted by Gasteiger charge is 2.45. The van der Waals surface area contributed by atoms with E-state index < -0.39 is 30.7 Å². The minimum absolute atomic E-state index is 0.196. The van der Waals surface area contributed by atoms with Gasteiger partial charge < -0.3 is 29.5 Å². The molecule has 0 bridgehead atoms. The third kappa shape index (κ3) is 6.87. The molecule has 1 saturated heterocycles. The first-order valence-corrected chi connectivity index (χ1v) is 8.62. The molecule has 1 aliphatic heterocycles. The van der Waals surface area contributed by atoms with Gasteiger partial charge in [0, 0.05) is 6.61 Å². The Labute approximate surface area is 139 Å². The summed E-state index contributed by atoms with van der Waals surface area (Å²) < 4.78 is 16.4. The average Bonchev–Trinajstić information content (AvgIpc) is 2.55. The number of hydrogen-bond acceptors (Lipinski definition) is 6. The molecule has 0 aromatic carbocycles. The highest BCUT2D eigenvalue weighted by Crippen LogP contribution is 2.24. The molecule has 0 aliphatic carbocycles. The van der Waals surface area contributed by atoms with Crippen molar-refractivity contribution in [1.29, 1.82) is 0 Å². The maximum absolute atomic E-state index is 10.3. The van der Waals surface area contributed by atoms with E-state index in [0.29, 0.717) is 6.61 Å². The van der Waals surface area contributed by atoms with Gasteiger partial charge in [0.15, 0.2) is 6.29 Å². The van der Waals surface area contributed by atoms with E-state index in [1.54, 1.807) is 0 Å². The lowest BCUT2D eigenvalue weighted by Crippen LogP contribution is -2.60. The summed E-state index contributed by atoms with van der Waals surface area (Å²) in [5.41, 5.74) is 0. The Bertz CT molecular complexity index is 311. The van der Waals surface area contributed by atoms with Crippen LogP contribution in [0.5, 0.6) is 0 Å². The number of ether oxygens (including phenoxy) is 3. The van der Waals surface area contributed by atoms with Crippen molar-refractivity contribution in [3.8, 4) is 0 Å². The molecular formula is C17H32O6. The summed E-state index contributed by atoms with van der Waals surface area (Å²) in [6.07, 6.45) is 3.57. The molecule has 0 radical (unpaired) electrons. The fourth-order valence-electron chi connectivity index (χ4n) is 2.65. The maximum atomic E-state index is 10.3. The second-order valence-electron chi connectivity index (χ2n) is 5.93. The molecule has 1 fully saturated rings. The summed E-state index contributed by atoms with van der Waals surface area (Å²) in [5, 5.41) is 29.6. The molecule has 0 aromatic heterocycles. The molecule has 0 amide bonds. The van der Waals surface area contributed by atoms with Gasteiger partial charge in [0.1, 0.15) is 24.4 Å². The van der Waals surface area contributed by atoms with Gasteiger partial charge in [0.25, 0.3) is 0 Å². The third-order valence-electron chi connectivity index (χ3n) is 4.01. The van der Waals surface area contributed by atoms with E-state index >= 15 is 0 Å². The van der Waals surface area contributed by atoms with Crippen molar-refractivity contribution in [2.24, 2.45) is 0 Å². The van der Waals surface area contributed by atoms with Crippen LogP contribution in [0.15, 0.2) is 12.7 Å². The summed E-state index contributed by atoms with van der Waals surface area (Å²) in [6, 6.07) is 0. The first kappa shape index (κ1) is 20.5. The molecule has 23 heavy (non-hydrogen) atoms. The smallest absolute Gasteiger partial charge is 0.186 e. The summed E-state index contributed by atoms with van der Waals surface area (Å²) in [5.74, 6) is 0. The molecule has 1 rings (SSSR count). The van der Waals surface area contributed by atoms with Crippen LogP contribution in [0.3, 0.4) is 0 Å². The van der Waals surface area contributed by atoms with Crippen LogP contribution >= 0.6 is 0 Å². The topological polar surface area (TPSA) is 88.4 Å². The second kappa shape index (κ2) is 11.9. The van der Waals surface area contributed by atoms with E-state index in [9.17, 15) is 15.3 Å². The van der Waals surface area contributed by atoms with Crippen molar-refractivity contribution >= 4 is 0 Å². The van der Waals surface area contributed by atoms with Gasteiger partial charge in [-0.2, -0.15) is 0 Å². The number of unbranched alkanes of at least 4 members (excludes halogenated alkanes) is 5. The quantitative estimate of drug-likeness (QED) is 0.370. The van der Waals surface area contributed by atoms with E-state index in [4.69, 9.17) is 14.2 Å². The Morgan fingerprint density at radius 3 is 2.39 bits per heavy atom. The van der Waals surface area contributed by atoms with E-state index in [1.165, 1.54) is 31.8 Å². The molecule has 0 unspecified atom stereocenters. The minimum Gasteiger partial charge on any atom is -0.394 e. The molecule has 0 aromatic rings. The maximum Gasteiger partial charge on any atom is 0.186 e. The zero-order chi connectivity index (χ0) is 17.1. The Morgan fingerprint density at radius 2 is 1.74 bits per heavy atom. The van der Waals surface area contributed by atoms with Crippen LogP contribution in [0.1, 0.15) is 45.4 Å². The van der Waals surface area contributed by atoms with Crippen molar-refractivity contribution in [2.45, 2.75) is 76.2 Å². The summed E-state index contributed by atoms with van der Waals surface area (Å²) in [4.78, 5) is 0. The van der Waals surface area contributed by atoms with Crippen LogP contribution in [0, 0.1) is 0 Å². The van der Waals surface area contributed by atoms with Crippen LogP contribution in [-0.4, -0.2) is 65.8 Å². The predicted molar refractivity (Wildman–Crippen MR) is 87.0 cm³/mol. The van der Waals surface area contributed by atoms with Crippen LogP contribution in [0.4, 0.5) is 0 Å². The fraction of sp³-hybridized carbons (Fsp3) is 0.882. The molecule has 0 saturated carbocycles. The molecule has 1 heterocycles. The van der Waals surface area contributed by atoms with Gasteiger partial charge in [-0.1, -0.05) is 45.1 Å². The average molecular weight is 332 g/mol. The fourth-order valence-corrected chi connectivity index (χ4v) is 2.65. The van der Waals surface area contributed by atoms with E-state index in [0.717, 1.165) is 12.8 Å².